The van der Waals surface area contributed by atoms with Crippen LogP contribution in [0.15, 0.2) is 36.7 Å². The van der Waals surface area contributed by atoms with Gasteiger partial charge in [0.1, 0.15) is 18.2 Å². The number of nitrogens with one attached hydrogen (secondary N) is 1. The molecule has 1 N–H and O–H groups in total. The molecular weight excluding hydrogens is 378 g/mol. The molecule has 2 aliphatic heterocycles. The van der Waals surface area contributed by atoms with Crippen molar-refractivity contribution in [1.82, 2.24) is 14.9 Å². The molecule has 0 bridgehead atoms. The molecule has 7 heteroatoms. The summed E-state index contributed by atoms with van der Waals surface area (Å²) >= 11 is 0. The lowest BCUT2D eigenvalue weighted by Crippen LogP contribution is -2.34. The van der Waals surface area contributed by atoms with Crippen LogP contribution in [0.25, 0.3) is 0 Å². The molecule has 1 unspecified atom stereocenters. The maximum Gasteiger partial charge on any atom is 0.321 e. The molecule has 2 fully saturated rings. The number of rotatable bonds is 7. The number of aromatic nitrogens is 2. The summed E-state index contributed by atoms with van der Waals surface area (Å²) in [4.78, 5) is 25.3. The quantitative estimate of drug-likeness (QED) is 0.745. The van der Waals surface area contributed by atoms with Gasteiger partial charge in [-0.3, -0.25) is 0 Å². The van der Waals surface area contributed by atoms with Crippen LogP contribution in [0.2, 0.25) is 0 Å². The summed E-state index contributed by atoms with van der Waals surface area (Å²) in [5.74, 6) is 1.51. The van der Waals surface area contributed by atoms with E-state index in [-0.39, 0.29) is 12.1 Å². The number of anilines is 2. The van der Waals surface area contributed by atoms with E-state index in [9.17, 15) is 4.79 Å². The van der Waals surface area contributed by atoms with Crippen molar-refractivity contribution in [1.29, 1.82) is 0 Å². The van der Waals surface area contributed by atoms with Gasteiger partial charge in [0, 0.05) is 37.8 Å². The zero-order valence-electron chi connectivity index (χ0n) is 17.7. The van der Waals surface area contributed by atoms with Gasteiger partial charge in [0.2, 0.25) is 5.88 Å². The zero-order valence-corrected chi connectivity index (χ0v) is 17.7. The summed E-state index contributed by atoms with van der Waals surface area (Å²) in [7, 11) is 0. The van der Waals surface area contributed by atoms with Gasteiger partial charge in [0.25, 0.3) is 0 Å². The van der Waals surface area contributed by atoms with Crippen LogP contribution in [-0.4, -0.2) is 53.2 Å². The minimum Gasteiger partial charge on any atom is -0.472 e. The van der Waals surface area contributed by atoms with Crippen molar-refractivity contribution in [2.24, 2.45) is 0 Å². The van der Waals surface area contributed by atoms with E-state index in [1.54, 1.807) is 11.2 Å². The smallest absolute Gasteiger partial charge is 0.321 e. The summed E-state index contributed by atoms with van der Waals surface area (Å²) < 4.78 is 6.06. The van der Waals surface area contributed by atoms with E-state index < -0.39 is 0 Å². The van der Waals surface area contributed by atoms with E-state index in [4.69, 9.17) is 4.74 Å². The Kier molecular flexibility index (Phi) is 6.67. The molecular formula is C23H31N5O2. The van der Waals surface area contributed by atoms with E-state index in [0.717, 1.165) is 37.4 Å². The number of hydrogen-bond donors (Lipinski definition) is 1. The van der Waals surface area contributed by atoms with Crippen LogP contribution in [0.3, 0.4) is 0 Å². The molecule has 3 heterocycles. The Hall–Kier alpha value is -2.83. The van der Waals surface area contributed by atoms with E-state index in [0.29, 0.717) is 19.0 Å². The fourth-order valence-corrected chi connectivity index (χ4v) is 4.03. The number of urea groups is 1. The van der Waals surface area contributed by atoms with Gasteiger partial charge in [0.05, 0.1) is 6.54 Å². The Morgan fingerprint density at radius 3 is 2.73 bits per heavy atom. The Morgan fingerprint density at radius 1 is 1.17 bits per heavy atom. The first-order chi connectivity index (χ1) is 14.7. The van der Waals surface area contributed by atoms with E-state index in [1.165, 1.54) is 31.2 Å². The second-order valence-electron chi connectivity index (χ2n) is 8.11. The minimum absolute atomic E-state index is 0.0477. The van der Waals surface area contributed by atoms with Crippen molar-refractivity contribution in [3.05, 3.63) is 42.2 Å². The normalized spacial score (nSPS) is 18.6. The van der Waals surface area contributed by atoms with Gasteiger partial charge in [-0.2, -0.15) is 0 Å². The molecule has 0 saturated carbocycles. The van der Waals surface area contributed by atoms with Crippen LogP contribution >= 0.6 is 0 Å². The van der Waals surface area contributed by atoms with E-state index in [1.807, 2.05) is 18.2 Å². The average Bonchev–Trinajstić information content (AvgIpc) is 3.46. The molecule has 1 aromatic heterocycles. The van der Waals surface area contributed by atoms with Crippen molar-refractivity contribution < 1.29 is 9.53 Å². The van der Waals surface area contributed by atoms with Crippen LogP contribution in [0, 0.1) is 0 Å². The Bertz CT molecular complexity index is 836. The van der Waals surface area contributed by atoms with Gasteiger partial charge in [-0.15, -0.1) is 0 Å². The molecule has 4 rings (SSSR count). The molecule has 1 aromatic carbocycles. The molecule has 2 amide bonds. The zero-order chi connectivity index (χ0) is 20.8. The number of hydrogen-bond acceptors (Lipinski definition) is 5. The van der Waals surface area contributed by atoms with Crippen molar-refractivity contribution >= 4 is 17.5 Å². The summed E-state index contributed by atoms with van der Waals surface area (Å²) in [6, 6.07) is 9.97. The summed E-state index contributed by atoms with van der Waals surface area (Å²) in [6.45, 7) is 5.50. The van der Waals surface area contributed by atoms with Crippen molar-refractivity contribution in [2.75, 3.05) is 36.4 Å². The second-order valence-corrected chi connectivity index (χ2v) is 8.11. The van der Waals surface area contributed by atoms with Crippen LogP contribution < -0.4 is 15.0 Å². The molecule has 2 aromatic rings. The molecule has 160 valence electrons. The van der Waals surface area contributed by atoms with Crippen LogP contribution in [0.4, 0.5) is 16.3 Å². The molecule has 0 spiro atoms. The Labute approximate surface area is 178 Å². The van der Waals surface area contributed by atoms with Gasteiger partial charge in [-0.1, -0.05) is 25.5 Å². The number of ether oxygens (including phenoxy) is 1. The number of likely N-dealkylation sites (tertiary alicyclic amines) is 1. The standard InChI is InChI=1S/C23H31N5O2/c1-2-3-6-18-7-9-19(10-8-18)26-23(29)28-14-11-20(16-28)30-22-15-21(24-17-25-22)27-12-4-5-13-27/h7-10,15,17,20H,2-6,11-14,16H2,1H3,(H,26,29). The van der Waals surface area contributed by atoms with Gasteiger partial charge in [-0.25, -0.2) is 14.8 Å². The largest absolute Gasteiger partial charge is 0.472 e. The topological polar surface area (TPSA) is 70.6 Å². The lowest BCUT2D eigenvalue weighted by Gasteiger charge is -2.19. The SMILES string of the molecule is CCCCc1ccc(NC(=O)N2CCC(Oc3cc(N4CCCC4)ncn3)C2)cc1. The maximum atomic E-state index is 12.6. The Balaban J connectivity index is 1.28. The number of carbonyl (C=O) groups is 1. The Morgan fingerprint density at radius 2 is 1.97 bits per heavy atom. The maximum absolute atomic E-state index is 12.6. The first kappa shape index (κ1) is 20.4. The van der Waals surface area contributed by atoms with E-state index in [2.05, 4.69) is 39.2 Å². The highest BCUT2D eigenvalue weighted by Gasteiger charge is 2.28. The van der Waals surface area contributed by atoms with E-state index >= 15 is 0 Å². The molecule has 2 aliphatic rings. The predicted octanol–water partition coefficient (Wildman–Crippen LogP) is 4.10. The highest BCUT2D eigenvalue weighted by Crippen LogP contribution is 2.23. The monoisotopic (exact) mass is 409 g/mol. The second kappa shape index (κ2) is 9.78. The van der Waals surface area contributed by atoms with Crippen LogP contribution in [0.5, 0.6) is 5.88 Å². The fraction of sp³-hybridized carbons (Fsp3) is 0.522. The lowest BCUT2D eigenvalue weighted by molar-refractivity contribution is 0.189. The lowest BCUT2D eigenvalue weighted by atomic mass is 10.1. The molecule has 2 saturated heterocycles. The minimum atomic E-state index is -0.0807. The van der Waals surface area contributed by atoms with Crippen LogP contribution in [0.1, 0.15) is 44.6 Å². The third-order valence-electron chi connectivity index (χ3n) is 5.80. The number of carbonyl (C=O) groups excluding carboxylic acids is 1. The summed E-state index contributed by atoms with van der Waals surface area (Å²) in [6.07, 6.45) is 8.17. The summed E-state index contributed by atoms with van der Waals surface area (Å²) in [5, 5.41) is 3.00. The molecule has 0 radical (unpaired) electrons. The average molecular weight is 410 g/mol. The third kappa shape index (κ3) is 5.20. The number of benzene rings is 1. The van der Waals surface area contributed by atoms with Crippen molar-refractivity contribution in [2.45, 2.75) is 51.6 Å². The fourth-order valence-electron chi connectivity index (χ4n) is 4.03. The number of aryl methyl sites for hydroxylation is 1. The van der Waals surface area contributed by atoms with Gasteiger partial charge in [-0.05, 0) is 43.4 Å². The van der Waals surface area contributed by atoms with Crippen molar-refractivity contribution in [3.8, 4) is 5.88 Å². The predicted molar refractivity (Wildman–Crippen MR) is 118 cm³/mol. The first-order valence-corrected chi connectivity index (χ1v) is 11.1. The van der Waals surface area contributed by atoms with Gasteiger partial charge in [0.15, 0.2) is 0 Å². The molecule has 7 nitrogen and oxygen atoms in total. The highest BCUT2D eigenvalue weighted by atomic mass is 16.5. The van der Waals surface area contributed by atoms with Crippen molar-refractivity contribution in [3.63, 3.8) is 0 Å². The number of amides is 2. The number of nitrogens with zero attached hydrogens (tertiary/aromatic N) is 4. The molecule has 1 atom stereocenters. The highest BCUT2D eigenvalue weighted by molar-refractivity contribution is 5.89. The van der Waals surface area contributed by atoms with Crippen LogP contribution in [-0.2, 0) is 6.42 Å². The number of unbranched alkanes of at least 4 members (excludes halogenated alkanes) is 1. The molecule has 0 aliphatic carbocycles. The van der Waals surface area contributed by atoms with Gasteiger partial charge >= 0.3 is 6.03 Å². The van der Waals surface area contributed by atoms with Gasteiger partial charge < -0.3 is 19.9 Å². The summed E-state index contributed by atoms with van der Waals surface area (Å²) in [5.41, 5.74) is 2.14. The molecule has 30 heavy (non-hydrogen) atoms. The first-order valence-electron chi connectivity index (χ1n) is 11.1. The third-order valence-corrected chi connectivity index (χ3v) is 5.80.